The maximum atomic E-state index is 10.9. The van der Waals surface area contributed by atoms with Gasteiger partial charge in [-0.05, 0) is 6.92 Å². The van der Waals surface area contributed by atoms with Gasteiger partial charge in [0, 0.05) is 32.0 Å². The predicted molar refractivity (Wildman–Crippen MR) is 45.5 cm³/mol. The van der Waals surface area contributed by atoms with Crippen LogP contribution in [0.15, 0.2) is 12.7 Å². The van der Waals surface area contributed by atoms with E-state index in [0.717, 1.165) is 25.9 Å². The lowest BCUT2D eigenvalue weighted by molar-refractivity contribution is -0.121. The van der Waals surface area contributed by atoms with E-state index < -0.39 is 0 Å². The van der Waals surface area contributed by atoms with Gasteiger partial charge in [-0.25, -0.2) is 0 Å². The molecule has 1 rings (SSSR count). The molecule has 0 aromatic rings. The van der Waals surface area contributed by atoms with Gasteiger partial charge in [-0.15, -0.1) is 6.58 Å². The number of ketones is 1. The maximum Gasteiger partial charge on any atom is 0.135 e. The molecule has 0 amide bonds. The van der Waals surface area contributed by atoms with Crippen molar-refractivity contribution in [3.8, 4) is 0 Å². The molecule has 1 atom stereocenters. The van der Waals surface area contributed by atoms with Crippen LogP contribution >= 0.6 is 0 Å². The molecule has 0 radical (unpaired) electrons. The number of rotatable bonds is 2. The number of carbonyl (C=O) groups excluding carboxylic acids is 1. The number of Topliss-reactive ketones (excluding diaryl/α,β-unsaturated/α-hetero) is 1. The molecule has 0 aromatic carbocycles. The third-order valence-electron chi connectivity index (χ3n) is 2.27. The first-order valence-corrected chi connectivity index (χ1v) is 4.12. The van der Waals surface area contributed by atoms with Crippen molar-refractivity contribution >= 4 is 5.78 Å². The summed E-state index contributed by atoms with van der Waals surface area (Å²) in [6.45, 7) is 7.66. The number of hydrogen-bond donors (Lipinski definition) is 0. The van der Waals surface area contributed by atoms with Gasteiger partial charge in [0.15, 0.2) is 0 Å². The second-order valence-electron chi connectivity index (χ2n) is 3.05. The molecule has 0 bridgehead atoms. The zero-order valence-corrected chi connectivity index (χ0v) is 7.05. The van der Waals surface area contributed by atoms with E-state index in [0.29, 0.717) is 11.8 Å². The fraction of sp³-hybridized carbons (Fsp3) is 0.667. The van der Waals surface area contributed by atoms with Crippen LogP contribution in [0, 0.1) is 0 Å². The Balaban J connectivity index is 2.38. The zero-order valence-electron chi connectivity index (χ0n) is 7.05. The van der Waals surface area contributed by atoms with Crippen LogP contribution in [-0.2, 0) is 4.79 Å². The molecule has 0 saturated carbocycles. The first-order valence-electron chi connectivity index (χ1n) is 4.12. The van der Waals surface area contributed by atoms with Gasteiger partial charge in [-0.2, -0.15) is 0 Å². The molecule has 1 aliphatic rings. The number of hydrogen-bond acceptors (Lipinski definition) is 2. The van der Waals surface area contributed by atoms with Gasteiger partial charge in [-0.1, -0.05) is 6.08 Å². The summed E-state index contributed by atoms with van der Waals surface area (Å²) < 4.78 is 0. The van der Waals surface area contributed by atoms with Crippen molar-refractivity contribution in [2.24, 2.45) is 0 Å². The van der Waals surface area contributed by atoms with Crippen LogP contribution in [0.4, 0.5) is 0 Å². The second kappa shape index (κ2) is 3.67. The van der Waals surface area contributed by atoms with Crippen LogP contribution in [0.1, 0.15) is 19.8 Å². The van der Waals surface area contributed by atoms with E-state index in [2.05, 4.69) is 18.4 Å². The summed E-state index contributed by atoms with van der Waals surface area (Å²) in [5, 5.41) is 0. The van der Waals surface area contributed by atoms with Crippen LogP contribution in [0.3, 0.4) is 0 Å². The molecule has 0 spiro atoms. The molecule has 1 fully saturated rings. The Kier molecular flexibility index (Phi) is 2.83. The first kappa shape index (κ1) is 8.47. The summed E-state index contributed by atoms with van der Waals surface area (Å²) in [6.07, 6.45) is 3.37. The van der Waals surface area contributed by atoms with E-state index in [1.54, 1.807) is 0 Å². The van der Waals surface area contributed by atoms with Crippen molar-refractivity contribution in [3.05, 3.63) is 12.7 Å². The van der Waals surface area contributed by atoms with Crippen molar-refractivity contribution in [3.63, 3.8) is 0 Å². The molecule has 1 heterocycles. The molecule has 1 aliphatic heterocycles. The van der Waals surface area contributed by atoms with Crippen molar-refractivity contribution < 1.29 is 4.79 Å². The normalized spacial score (nSPS) is 23.2. The summed E-state index contributed by atoms with van der Waals surface area (Å²) in [5.41, 5.74) is 0. The third kappa shape index (κ3) is 2.15. The molecule has 2 heteroatoms. The van der Waals surface area contributed by atoms with E-state index in [4.69, 9.17) is 0 Å². The van der Waals surface area contributed by atoms with Crippen LogP contribution in [0.5, 0.6) is 0 Å². The lowest BCUT2D eigenvalue weighted by Gasteiger charge is -2.29. The van der Waals surface area contributed by atoms with Crippen LogP contribution in [0.2, 0.25) is 0 Å². The topological polar surface area (TPSA) is 20.3 Å². The van der Waals surface area contributed by atoms with Crippen molar-refractivity contribution in [2.75, 3.05) is 13.1 Å². The van der Waals surface area contributed by atoms with E-state index in [9.17, 15) is 4.79 Å². The van der Waals surface area contributed by atoms with E-state index in [-0.39, 0.29) is 0 Å². The fourth-order valence-corrected chi connectivity index (χ4v) is 1.33. The van der Waals surface area contributed by atoms with Crippen LogP contribution in [-0.4, -0.2) is 29.8 Å². The van der Waals surface area contributed by atoms with E-state index in [1.807, 2.05) is 6.08 Å². The minimum Gasteiger partial charge on any atom is -0.300 e. The predicted octanol–water partition coefficient (Wildman–Crippen LogP) is 1.23. The van der Waals surface area contributed by atoms with Crippen LogP contribution < -0.4 is 0 Å². The average Bonchev–Trinajstić information content (AvgIpc) is 2.05. The SMILES string of the molecule is C=CC(C)N1CCC(=O)CC1. The van der Waals surface area contributed by atoms with Crippen molar-refractivity contribution in [1.29, 1.82) is 0 Å². The van der Waals surface area contributed by atoms with Gasteiger partial charge in [0.05, 0.1) is 0 Å². The van der Waals surface area contributed by atoms with Crippen molar-refractivity contribution in [2.45, 2.75) is 25.8 Å². The zero-order chi connectivity index (χ0) is 8.27. The van der Waals surface area contributed by atoms with Crippen molar-refractivity contribution in [1.82, 2.24) is 4.90 Å². The maximum absolute atomic E-state index is 10.9. The molecular formula is C9H15NO. The number of carbonyl (C=O) groups is 1. The molecule has 1 saturated heterocycles. The monoisotopic (exact) mass is 153 g/mol. The second-order valence-corrected chi connectivity index (χ2v) is 3.05. The van der Waals surface area contributed by atoms with Gasteiger partial charge in [0.25, 0.3) is 0 Å². The summed E-state index contributed by atoms with van der Waals surface area (Å²) in [4.78, 5) is 13.2. The van der Waals surface area contributed by atoms with Gasteiger partial charge >= 0.3 is 0 Å². The van der Waals surface area contributed by atoms with Gasteiger partial charge in [0.1, 0.15) is 5.78 Å². The number of nitrogens with zero attached hydrogens (tertiary/aromatic N) is 1. The first-order chi connectivity index (χ1) is 5.24. The Bertz CT molecular complexity index is 155. The number of piperidine rings is 1. The standard InChI is InChI=1S/C9H15NO/c1-3-8(2)10-6-4-9(11)5-7-10/h3,8H,1,4-7H2,2H3. The highest BCUT2D eigenvalue weighted by molar-refractivity contribution is 5.79. The summed E-state index contributed by atoms with van der Waals surface area (Å²) >= 11 is 0. The van der Waals surface area contributed by atoms with Crippen LogP contribution in [0.25, 0.3) is 0 Å². The summed E-state index contributed by atoms with van der Waals surface area (Å²) in [5.74, 6) is 0.400. The molecule has 62 valence electrons. The Morgan fingerprint density at radius 3 is 2.55 bits per heavy atom. The lowest BCUT2D eigenvalue weighted by atomic mass is 10.1. The summed E-state index contributed by atoms with van der Waals surface area (Å²) in [7, 11) is 0. The third-order valence-corrected chi connectivity index (χ3v) is 2.27. The Hall–Kier alpha value is -0.630. The van der Waals surface area contributed by atoms with E-state index in [1.165, 1.54) is 0 Å². The summed E-state index contributed by atoms with van der Waals surface area (Å²) in [6, 6.07) is 0.420. The van der Waals surface area contributed by atoms with E-state index >= 15 is 0 Å². The van der Waals surface area contributed by atoms with Gasteiger partial charge < -0.3 is 0 Å². The molecule has 1 unspecified atom stereocenters. The average molecular weight is 153 g/mol. The minimum absolute atomic E-state index is 0.400. The van der Waals surface area contributed by atoms with Gasteiger partial charge in [-0.3, -0.25) is 9.69 Å². The highest BCUT2D eigenvalue weighted by atomic mass is 16.1. The molecule has 0 aromatic heterocycles. The number of likely N-dealkylation sites (tertiary alicyclic amines) is 1. The largest absolute Gasteiger partial charge is 0.300 e. The molecule has 11 heavy (non-hydrogen) atoms. The molecule has 0 N–H and O–H groups in total. The highest BCUT2D eigenvalue weighted by Gasteiger charge is 2.18. The molecule has 0 aliphatic carbocycles. The minimum atomic E-state index is 0.400. The smallest absolute Gasteiger partial charge is 0.135 e. The van der Waals surface area contributed by atoms with Gasteiger partial charge in [0.2, 0.25) is 0 Å². The highest BCUT2D eigenvalue weighted by Crippen LogP contribution is 2.09. The molecular weight excluding hydrogens is 138 g/mol. The Labute approximate surface area is 67.9 Å². The lowest BCUT2D eigenvalue weighted by Crippen LogP contribution is -2.38. The Morgan fingerprint density at radius 2 is 2.09 bits per heavy atom. The quantitative estimate of drug-likeness (QED) is 0.556. The Morgan fingerprint density at radius 1 is 1.55 bits per heavy atom. The fourth-order valence-electron chi connectivity index (χ4n) is 1.33. The molecule has 2 nitrogen and oxygen atoms in total.